The maximum absolute atomic E-state index is 12.2. The molecule has 1 fully saturated rings. The molecule has 1 N–H and O–H groups in total. The highest BCUT2D eigenvalue weighted by molar-refractivity contribution is 7.89. The minimum Gasteiger partial charge on any atom is -0.296 e. The summed E-state index contributed by atoms with van der Waals surface area (Å²) >= 11 is 0. The molecular formula is C17H26N2O2S. The Kier molecular flexibility index (Phi) is 4.57. The van der Waals surface area contributed by atoms with E-state index in [9.17, 15) is 8.42 Å². The lowest BCUT2D eigenvalue weighted by Gasteiger charge is -2.43. The van der Waals surface area contributed by atoms with Gasteiger partial charge in [0.1, 0.15) is 0 Å². The third kappa shape index (κ3) is 3.53. The van der Waals surface area contributed by atoms with Gasteiger partial charge in [-0.25, -0.2) is 13.1 Å². The summed E-state index contributed by atoms with van der Waals surface area (Å²) in [5, 5.41) is 0. The van der Waals surface area contributed by atoms with Gasteiger partial charge in [-0.1, -0.05) is 38.1 Å². The Balaban J connectivity index is 1.73. The molecule has 0 unspecified atom stereocenters. The zero-order valence-electron chi connectivity index (χ0n) is 13.5. The van der Waals surface area contributed by atoms with Gasteiger partial charge in [0.25, 0.3) is 0 Å². The molecule has 1 saturated heterocycles. The topological polar surface area (TPSA) is 49.4 Å². The van der Waals surface area contributed by atoms with Crippen LogP contribution in [0.4, 0.5) is 0 Å². The monoisotopic (exact) mass is 322 g/mol. The van der Waals surface area contributed by atoms with Gasteiger partial charge in [-0.05, 0) is 36.3 Å². The van der Waals surface area contributed by atoms with Crippen LogP contribution in [0.1, 0.15) is 43.9 Å². The van der Waals surface area contributed by atoms with Gasteiger partial charge < -0.3 is 0 Å². The van der Waals surface area contributed by atoms with Crippen molar-refractivity contribution in [3.8, 4) is 0 Å². The summed E-state index contributed by atoms with van der Waals surface area (Å²) in [6.07, 6.45) is 2.90. The number of hydrogen-bond donors (Lipinski definition) is 1. The smallest absolute Gasteiger partial charge is 0.212 e. The van der Waals surface area contributed by atoms with Crippen LogP contribution in [0.5, 0.6) is 0 Å². The first-order chi connectivity index (χ1) is 10.4. The van der Waals surface area contributed by atoms with Gasteiger partial charge in [0, 0.05) is 25.2 Å². The molecule has 0 amide bonds. The summed E-state index contributed by atoms with van der Waals surface area (Å²) in [7, 11) is -3.16. The average Bonchev–Trinajstić information content (AvgIpc) is 2.45. The van der Waals surface area contributed by atoms with Gasteiger partial charge in [-0.15, -0.1) is 0 Å². The van der Waals surface area contributed by atoms with Crippen molar-refractivity contribution in [3.05, 3.63) is 35.4 Å². The second-order valence-electron chi connectivity index (χ2n) is 7.01. The summed E-state index contributed by atoms with van der Waals surface area (Å²) in [5.41, 5.74) is 2.82. The van der Waals surface area contributed by atoms with Crippen molar-refractivity contribution in [2.75, 3.05) is 18.8 Å². The molecule has 3 rings (SSSR count). The Hall–Kier alpha value is -0.910. The van der Waals surface area contributed by atoms with Crippen molar-refractivity contribution in [1.82, 2.24) is 9.62 Å². The zero-order valence-corrected chi connectivity index (χ0v) is 14.3. The third-order valence-corrected chi connectivity index (χ3v) is 6.49. The van der Waals surface area contributed by atoms with Gasteiger partial charge in [0.05, 0.1) is 5.75 Å². The molecule has 1 aromatic rings. The van der Waals surface area contributed by atoms with Crippen LogP contribution in [-0.2, 0) is 16.4 Å². The molecule has 1 aromatic carbocycles. The van der Waals surface area contributed by atoms with E-state index in [0.717, 1.165) is 32.4 Å². The molecule has 0 radical (unpaired) electrons. The summed E-state index contributed by atoms with van der Waals surface area (Å²) in [6.45, 7) is 5.96. The predicted molar refractivity (Wildman–Crippen MR) is 89.2 cm³/mol. The molecule has 0 aromatic heterocycles. The van der Waals surface area contributed by atoms with E-state index < -0.39 is 10.0 Å². The number of fused-ring (bicyclic) bond motifs is 3. The molecule has 2 atom stereocenters. The molecule has 0 saturated carbocycles. The van der Waals surface area contributed by atoms with E-state index in [4.69, 9.17) is 0 Å². The highest BCUT2D eigenvalue weighted by Crippen LogP contribution is 2.36. The lowest BCUT2D eigenvalue weighted by atomic mass is 9.85. The van der Waals surface area contributed by atoms with E-state index in [1.54, 1.807) is 0 Å². The summed E-state index contributed by atoms with van der Waals surface area (Å²) < 4.78 is 27.3. The first kappa shape index (κ1) is 16.0. The standard InChI is InChI=1S/C17H26N2O2S/c1-13(2)12-22(20,21)18-15-8-10-19-9-7-14-5-3-4-6-16(14)17(19)11-15/h3-6,13,15,17-18H,7-12H2,1-2H3/t15-,17+/m1/s1. The van der Waals surface area contributed by atoms with Crippen LogP contribution in [0.15, 0.2) is 24.3 Å². The fourth-order valence-corrected chi connectivity index (χ4v) is 5.50. The van der Waals surface area contributed by atoms with Crippen LogP contribution < -0.4 is 4.72 Å². The van der Waals surface area contributed by atoms with Gasteiger partial charge in [-0.3, -0.25) is 4.90 Å². The summed E-state index contributed by atoms with van der Waals surface area (Å²) in [5.74, 6) is 0.377. The van der Waals surface area contributed by atoms with E-state index in [1.165, 1.54) is 11.1 Å². The Bertz CT molecular complexity index is 627. The minimum atomic E-state index is -3.16. The molecule has 0 spiro atoms. The van der Waals surface area contributed by atoms with E-state index in [1.807, 2.05) is 13.8 Å². The van der Waals surface area contributed by atoms with Crippen molar-refractivity contribution < 1.29 is 8.42 Å². The molecular weight excluding hydrogens is 296 g/mol. The van der Waals surface area contributed by atoms with Crippen LogP contribution in [-0.4, -0.2) is 38.2 Å². The second-order valence-corrected chi connectivity index (χ2v) is 8.81. The zero-order chi connectivity index (χ0) is 15.7. The van der Waals surface area contributed by atoms with E-state index >= 15 is 0 Å². The Morgan fingerprint density at radius 1 is 1.27 bits per heavy atom. The normalized spacial score (nSPS) is 25.8. The number of rotatable bonds is 4. The largest absolute Gasteiger partial charge is 0.296 e. The van der Waals surface area contributed by atoms with Crippen LogP contribution in [0.3, 0.4) is 0 Å². The Morgan fingerprint density at radius 2 is 2.05 bits per heavy atom. The Labute approximate surface area is 134 Å². The van der Waals surface area contributed by atoms with E-state index in [-0.39, 0.29) is 17.7 Å². The maximum Gasteiger partial charge on any atom is 0.212 e. The van der Waals surface area contributed by atoms with Gasteiger partial charge in [0.15, 0.2) is 0 Å². The van der Waals surface area contributed by atoms with Gasteiger partial charge >= 0.3 is 0 Å². The molecule has 122 valence electrons. The van der Waals surface area contributed by atoms with E-state index in [0.29, 0.717) is 6.04 Å². The predicted octanol–water partition coefficient (Wildman–Crippen LogP) is 2.32. The Morgan fingerprint density at radius 3 is 2.82 bits per heavy atom. The number of sulfonamides is 1. The minimum absolute atomic E-state index is 0.0659. The second kappa shape index (κ2) is 6.30. The maximum atomic E-state index is 12.2. The first-order valence-corrected chi connectivity index (χ1v) is 9.91. The molecule has 0 bridgehead atoms. The fourth-order valence-electron chi connectivity index (χ4n) is 3.80. The van der Waals surface area contributed by atoms with E-state index in [2.05, 4.69) is 33.9 Å². The molecule has 2 aliphatic heterocycles. The fraction of sp³-hybridized carbons (Fsp3) is 0.647. The molecule has 22 heavy (non-hydrogen) atoms. The van der Waals surface area contributed by atoms with Gasteiger partial charge in [0.2, 0.25) is 10.0 Å². The molecule has 2 heterocycles. The summed E-state index contributed by atoms with van der Waals surface area (Å²) in [4.78, 5) is 2.51. The highest BCUT2D eigenvalue weighted by Gasteiger charge is 2.34. The third-order valence-electron chi connectivity index (χ3n) is 4.69. The lowest BCUT2D eigenvalue weighted by Crippen LogP contribution is -2.48. The quantitative estimate of drug-likeness (QED) is 0.925. The van der Waals surface area contributed by atoms with Crippen molar-refractivity contribution in [3.63, 3.8) is 0 Å². The number of nitrogens with zero attached hydrogens (tertiary/aromatic N) is 1. The van der Waals surface area contributed by atoms with Crippen molar-refractivity contribution in [2.24, 2.45) is 5.92 Å². The lowest BCUT2D eigenvalue weighted by molar-refractivity contribution is 0.122. The number of piperidine rings is 1. The van der Waals surface area contributed by atoms with Crippen molar-refractivity contribution in [2.45, 2.75) is 45.2 Å². The molecule has 0 aliphatic carbocycles. The average molecular weight is 322 g/mol. The van der Waals surface area contributed by atoms with Crippen LogP contribution in [0.25, 0.3) is 0 Å². The number of hydrogen-bond acceptors (Lipinski definition) is 3. The van der Waals surface area contributed by atoms with Gasteiger partial charge in [-0.2, -0.15) is 0 Å². The highest BCUT2D eigenvalue weighted by atomic mass is 32.2. The van der Waals surface area contributed by atoms with Crippen LogP contribution in [0, 0.1) is 5.92 Å². The summed E-state index contributed by atoms with van der Waals surface area (Å²) in [6, 6.07) is 9.03. The van der Waals surface area contributed by atoms with Crippen molar-refractivity contribution >= 4 is 10.0 Å². The number of benzene rings is 1. The number of nitrogens with one attached hydrogen (secondary N) is 1. The first-order valence-electron chi connectivity index (χ1n) is 8.26. The SMILES string of the molecule is CC(C)CS(=O)(=O)N[C@@H]1CCN2CCc3ccccc3[C@@H]2C1. The van der Waals surface area contributed by atoms with Crippen LogP contribution in [0.2, 0.25) is 0 Å². The molecule has 2 aliphatic rings. The molecule has 5 heteroatoms. The van der Waals surface area contributed by atoms with Crippen LogP contribution >= 0.6 is 0 Å². The molecule has 4 nitrogen and oxygen atoms in total. The van der Waals surface area contributed by atoms with Crippen molar-refractivity contribution in [1.29, 1.82) is 0 Å².